The van der Waals surface area contributed by atoms with E-state index in [9.17, 15) is 14.4 Å². The summed E-state index contributed by atoms with van der Waals surface area (Å²) >= 11 is 1.31. The largest absolute Gasteiger partial charge is 0.495 e. The van der Waals surface area contributed by atoms with Crippen molar-refractivity contribution in [1.82, 2.24) is 5.32 Å². The van der Waals surface area contributed by atoms with Crippen molar-refractivity contribution in [3.63, 3.8) is 0 Å². The molecule has 0 aliphatic carbocycles. The molecule has 2 heterocycles. The van der Waals surface area contributed by atoms with Gasteiger partial charge in [-0.2, -0.15) is 0 Å². The maximum Gasteiger partial charge on any atom is 0.308 e. The van der Waals surface area contributed by atoms with Crippen LogP contribution in [0.4, 0.5) is 5.69 Å². The molecule has 9 heteroatoms. The Morgan fingerprint density at radius 1 is 1.03 bits per heavy atom. The lowest BCUT2D eigenvalue weighted by Crippen LogP contribution is -2.27. The van der Waals surface area contributed by atoms with Crippen LogP contribution in [0.2, 0.25) is 0 Å². The molecule has 4 rings (SSSR count). The lowest BCUT2D eigenvalue weighted by Gasteiger charge is -2.11. The number of anilines is 1. The van der Waals surface area contributed by atoms with Gasteiger partial charge >= 0.3 is 5.97 Å². The van der Waals surface area contributed by atoms with Gasteiger partial charge in [-0.15, -0.1) is 11.3 Å². The first-order valence-electron chi connectivity index (χ1n) is 9.81. The maximum absolute atomic E-state index is 12.3. The standard InChI is InChI=1S/C23H20N2O6S/c1-29-19-11-15-14-5-2-3-6-17(14)31-18(15)12-16(19)25-21(26)13-30-22(27)8-9-24-23(28)20-7-4-10-32-20/h2-7,10-12H,8-9,13H2,1H3,(H,24,28)(H,25,26). The zero-order valence-electron chi connectivity index (χ0n) is 17.2. The van der Waals surface area contributed by atoms with E-state index < -0.39 is 18.5 Å². The Kier molecular flexibility index (Phi) is 6.37. The second-order valence-electron chi connectivity index (χ2n) is 6.84. The van der Waals surface area contributed by atoms with Gasteiger partial charge in [0.15, 0.2) is 6.61 Å². The number of benzene rings is 2. The van der Waals surface area contributed by atoms with E-state index in [0.717, 1.165) is 16.4 Å². The second kappa shape index (κ2) is 9.52. The summed E-state index contributed by atoms with van der Waals surface area (Å²) in [4.78, 5) is 36.6. The van der Waals surface area contributed by atoms with Gasteiger partial charge in [0.05, 0.1) is 24.1 Å². The molecule has 0 saturated carbocycles. The van der Waals surface area contributed by atoms with E-state index in [2.05, 4.69) is 10.6 Å². The first-order valence-corrected chi connectivity index (χ1v) is 10.7. The highest BCUT2D eigenvalue weighted by Crippen LogP contribution is 2.36. The highest BCUT2D eigenvalue weighted by molar-refractivity contribution is 7.12. The van der Waals surface area contributed by atoms with E-state index in [4.69, 9.17) is 13.9 Å². The Hall–Kier alpha value is -3.85. The van der Waals surface area contributed by atoms with Crippen LogP contribution in [0.3, 0.4) is 0 Å². The van der Waals surface area contributed by atoms with Gasteiger partial charge in [0, 0.05) is 23.4 Å². The van der Waals surface area contributed by atoms with Crippen LogP contribution in [0.25, 0.3) is 21.9 Å². The first kappa shape index (κ1) is 21.4. The van der Waals surface area contributed by atoms with Gasteiger partial charge in [0.25, 0.3) is 11.8 Å². The monoisotopic (exact) mass is 452 g/mol. The minimum atomic E-state index is -0.591. The van der Waals surface area contributed by atoms with Gasteiger partial charge in [0.1, 0.15) is 16.9 Å². The number of amides is 2. The number of hydrogen-bond acceptors (Lipinski definition) is 7. The number of rotatable bonds is 8. The molecule has 4 aromatic rings. The molecule has 0 radical (unpaired) electrons. The van der Waals surface area contributed by atoms with Crippen LogP contribution >= 0.6 is 11.3 Å². The maximum atomic E-state index is 12.3. The lowest BCUT2D eigenvalue weighted by molar-refractivity contribution is -0.147. The number of carbonyl (C=O) groups is 3. The molecule has 0 saturated heterocycles. The number of fused-ring (bicyclic) bond motifs is 3. The summed E-state index contributed by atoms with van der Waals surface area (Å²) in [6, 6.07) is 14.5. The van der Waals surface area contributed by atoms with Gasteiger partial charge in [-0.3, -0.25) is 14.4 Å². The number of methoxy groups -OCH3 is 1. The summed E-state index contributed by atoms with van der Waals surface area (Å²) < 4.78 is 16.2. The molecule has 2 N–H and O–H groups in total. The minimum Gasteiger partial charge on any atom is -0.495 e. The third-order valence-corrected chi connectivity index (χ3v) is 5.57. The molecule has 0 fully saturated rings. The smallest absolute Gasteiger partial charge is 0.308 e. The number of furan rings is 1. The van der Waals surface area contributed by atoms with E-state index in [-0.39, 0.29) is 18.9 Å². The van der Waals surface area contributed by atoms with E-state index in [1.807, 2.05) is 24.3 Å². The van der Waals surface area contributed by atoms with Crippen LogP contribution in [-0.2, 0) is 14.3 Å². The number of ether oxygens (including phenoxy) is 2. The number of para-hydroxylation sites is 1. The molecule has 0 aliphatic rings. The molecule has 0 unspecified atom stereocenters. The van der Waals surface area contributed by atoms with Gasteiger partial charge in [-0.05, 0) is 23.6 Å². The fourth-order valence-electron chi connectivity index (χ4n) is 3.20. The van der Waals surface area contributed by atoms with Crippen LogP contribution < -0.4 is 15.4 Å². The molecule has 8 nitrogen and oxygen atoms in total. The van der Waals surface area contributed by atoms with Gasteiger partial charge in [-0.25, -0.2) is 0 Å². The predicted molar refractivity (Wildman–Crippen MR) is 121 cm³/mol. The zero-order valence-corrected chi connectivity index (χ0v) is 18.0. The Labute approximate surface area is 187 Å². The van der Waals surface area contributed by atoms with Crippen molar-refractivity contribution in [2.75, 3.05) is 25.6 Å². The third kappa shape index (κ3) is 4.73. The van der Waals surface area contributed by atoms with Gasteiger partial charge in [0.2, 0.25) is 0 Å². The van der Waals surface area contributed by atoms with E-state index in [1.54, 1.807) is 29.6 Å². The topological polar surface area (TPSA) is 107 Å². The molecule has 2 amide bonds. The lowest BCUT2D eigenvalue weighted by atomic mass is 10.1. The average Bonchev–Trinajstić information content (AvgIpc) is 3.45. The SMILES string of the molecule is COc1cc2c(cc1NC(=O)COC(=O)CCNC(=O)c1cccs1)oc1ccccc12. The molecule has 0 aliphatic heterocycles. The molecule has 2 aromatic heterocycles. The van der Waals surface area contributed by atoms with Gasteiger partial charge < -0.3 is 24.5 Å². The summed E-state index contributed by atoms with van der Waals surface area (Å²) in [6.07, 6.45) is -0.0430. The second-order valence-corrected chi connectivity index (χ2v) is 7.79. The number of thiophene rings is 1. The van der Waals surface area contributed by atoms with Gasteiger partial charge in [-0.1, -0.05) is 24.3 Å². The zero-order chi connectivity index (χ0) is 22.5. The summed E-state index contributed by atoms with van der Waals surface area (Å²) in [5.74, 6) is -0.903. The molecular formula is C23H20N2O6S. The van der Waals surface area contributed by atoms with E-state index in [0.29, 0.717) is 21.9 Å². The third-order valence-electron chi connectivity index (χ3n) is 4.70. The van der Waals surface area contributed by atoms with Crippen molar-refractivity contribution in [1.29, 1.82) is 0 Å². The Morgan fingerprint density at radius 3 is 2.66 bits per heavy atom. The number of nitrogens with one attached hydrogen (secondary N) is 2. The molecular weight excluding hydrogens is 432 g/mol. The quantitative estimate of drug-likeness (QED) is 0.392. The van der Waals surface area contributed by atoms with Crippen LogP contribution in [0, 0.1) is 0 Å². The fourth-order valence-corrected chi connectivity index (χ4v) is 3.84. The van der Waals surface area contributed by atoms with Crippen LogP contribution in [0.5, 0.6) is 5.75 Å². The molecule has 32 heavy (non-hydrogen) atoms. The predicted octanol–water partition coefficient (Wildman–Crippen LogP) is 3.96. The number of carbonyl (C=O) groups excluding carboxylic acids is 3. The molecule has 0 atom stereocenters. The molecule has 0 spiro atoms. The average molecular weight is 452 g/mol. The Balaban J connectivity index is 1.32. The molecule has 2 aromatic carbocycles. The highest BCUT2D eigenvalue weighted by Gasteiger charge is 2.15. The minimum absolute atomic E-state index is 0.0430. The highest BCUT2D eigenvalue weighted by atomic mass is 32.1. The van der Waals surface area contributed by atoms with Crippen molar-refractivity contribution >= 4 is 56.7 Å². The summed E-state index contributed by atoms with van der Waals surface area (Å²) in [6.45, 7) is -0.341. The fraction of sp³-hybridized carbons (Fsp3) is 0.174. The summed E-state index contributed by atoms with van der Waals surface area (Å²) in [5, 5.41) is 8.91. The van der Waals surface area contributed by atoms with Crippen molar-refractivity contribution in [2.45, 2.75) is 6.42 Å². The van der Waals surface area contributed by atoms with Crippen molar-refractivity contribution in [2.24, 2.45) is 0 Å². The van der Waals surface area contributed by atoms with Crippen molar-refractivity contribution < 1.29 is 28.3 Å². The van der Waals surface area contributed by atoms with Crippen molar-refractivity contribution in [3.8, 4) is 5.75 Å². The molecule has 164 valence electrons. The normalized spacial score (nSPS) is 10.8. The number of esters is 1. The van der Waals surface area contributed by atoms with Crippen LogP contribution in [-0.4, -0.2) is 38.0 Å². The van der Waals surface area contributed by atoms with Crippen LogP contribution in [0.1, 0.15) is 16.1 Å². The van der Waals surface area contributed by atoms with Crippen molar-refractivity contribution in [3.05, 3.63) is 58.8 Å². The first-order chi connectivity index (χ1) is 15.5. The number of hydrogen-bond donors (Lipinski definition) is 2. The Morgan fingerprint density at radius 2 is 1.88 bits per heavy atom. The Bertz CT molecular complexity index is 1280. The molecule has 0 bridgehead atoms. The van der Waals surface area contributed by atoms with E-state index in [1.165, 1.54) is 18.4 Å². The summed E-state index contributed by atoms with van der Waals surface area (Å²) in [7, 11) is 1.50. The van der Waals surface area contributed by atoms with E-state index >= 15 is 0 Å². The summed E-state index contributed by atoms with van der Waals surface area (Å²) in [5.41, 5.74) is 1.73. The van der Waals surface area contributed by atoms with Crippen LogP contribution in [0.15, 0.2) is 58.3 Å².